The zero-order valence-electron chi connectivity index (χ0n) is 18.3. The highest BCUT2D eigenvalue weighted by Crippen LogP contribution is 2.27. The molecule has 0 saturated heterocycles. The van der Waals surface area contributed by atoms with Gasteiger partial charge in [-0.15, -0.1) is 66.5 Å². The van der Waals surface area contributed by atoms with Crippen LogP contribution >= 0.6 is 66.5 Å². The van der Waals surface area contributed by atoms with Crippen LogP contribution in [0.2, 0.25) is 12.1 Å². The SMILES string of the molecule is CCCCCCCCCCOC(C)C(OCCC[Si](Cl)(Cl)Cl)OCCC[Si](Cl)(Cl)Cl. The predicted molar refractivity (Wildman–Crippen MR) is 139 cm³/mol. The van der Waals surface area contributed by atoms with Crippen molar-refractivity contribution in [3.63, 3.8) is 0 Å². The lowest BCUT2D eigenvalue weighted by molar-refractivity contribution is -0.202. The monoisotopic (exact) mass is 580 g/mol. The second-order valence-electron chi connectivity index (χ2n) is 7.60. The Morgan fingerprint density at radius 3 is 1.40 bits per heavy atom. The fourth-order valence-corrected chi connectivity index (χ4v) is 6.34. The second kappa shape index (κ2) is 19.4. The van der Waals surface area contributed by atoms with Gasteiger partial charge in [-0.1, -0.05) is 51.9 Å². The first kappa shape index (κ1) is 32.1. The minimum atomic E-state index is -2.63. The van der Waals surface area contributed by atoms with Crippen LogP contribution in [-0.4, -0.2) is 44.2 Å². The number of hydrogen-bond donors (Lipinski definition) is 0. The summed E-state index contributed by atoms with van der Waals surface area (Å²) in [5, 5.41) is 0. The first-order valence-electron chi connectivity index (χ1n) is 11.0. The van der Waals surface area contributed by atoms with Crippen molar-refractivity contribution in [1.29, 1.82) is 0 Å². The van der Waals surface area contributed by atoms with E-state index >= 15 is 0 Å². The molecule has 0 spiro atoms. The number of hydrogen-bond acceptors (Lipinski definition) is 3. The summed E-state index contributed by atoms with van der Waals surface area (Å²) in [7, 11) is 0. The van der Waals surface area contributed by atoms with E-state index in [0.717, 1.165) is 6.42 Å². The van der Waals surface area contributed by atoms with E-state index in [1.54, 1.807) is 0 Å². The van der Waals surface area contributed by atoms with Crippen LogP contribution in [0.25, 0.3) is 0 Å². The maximum Gasteiger partial charge on any atom is 0.341 e. The van der Waals surface area contributed by atoms with Crippen LogP contribution in [0, 0.1) is 0 Å². The summed E-state index contributed by atoms with van der Waals surface area (Å²) in [6.45, 7) is 5.81. The molecule has 0 aromatic heterocycles. The van der Waals surface area contributed by atoms with Gasteiger partial charge in [0.2, 0.25) is 0 Å². The highest BCUT2D eigenvalue weighted by Gasteiger charge is 2.26. The number of unbranched alkanes of at least 4 members (excludes halogenated alkanes) is 7. The van der Waals surface area contributed by atoms with Crippen LogP contribution in [0.15, 0.2) is 0 Å². The second-order valence-corrected chi connectivity index (χ2v) is 26.2. The molecule has 0 rings (SSSR count). The third kappa shape index (κ3) is 23.2. The van der Waals surface area contributed by atoms with E-state index in [9.17, 15) is 0 Å². The first-order chi connectivity index (χ1) is 14.0. The van der Waals surface area contributed by atoms with Crippen molar-refractivity contribution < 1.29 is 14.2 Å². The van der Waals surface area contributed by atoms with Gasteiger partial charge in [0, 0.05) is 19.8 Å². The Labute approximate surface area is 213 Å². The molecule has 0 amide bonds. The van der Waals surface area contributed by atoms with Crippen molar-refractivity contribution in [3.05, 3.63) is 0 Å². The molecule has 1 unspecified atom stereocenters. The third-order valence-electron chi connectivity index (χ3n) is 4.54. The molecule has 30 heavy (non-hydrogen) atoms. The Hall–Kier alpha value is 2.05. The molecule has 0 bridgehead atoms. The molecule has 0 heterocycles. The molecule has 1 atom stereocenters. The predicted octanol–water partition coefficient (Wildman–Crippen LogP) is 8.98. The summed E-state index contributed by atoms with van der Waals surface area (Å²) in [6.07, 6.45) is 10.8. The van der Waals surface area contributed by atoms with Gasteiger partial charge in [-0.3, -0.25) is 0 Å². The van der Waals surface area contributed by atoms with Crippen molar-refractivity contribution in [2.24, 2.45) is 0 Å². The fourth-order valence-electron chi connectivity index (χ4n) is 2.85. The maximum atomic E-state index is 5.96. The molecule has 0 aliphatic rings. The Balaban J connectivity index is 4.14. The van der Waals surface area contributed by atoms with E-state index in [0.29, 0.717) is 44.8 Å². The largest absolute Gasteiger partial charge is 0.373 e. The third-order valence-corrected chi connectivity index (χ3v) is 9.78. The molecule has 0 aromatic carbocycles. The molecule has 0 radical (unpaired) electrons. The Kier molecular flexibility index (Phi) is 20.7. The van der Waals surface area contributed by atoms with Gasteiger partial charge in [0.25, 0.3) is 0 Å². The lowest BCUT2D eigenvalue weighted by Gasteiger charge is -2.25. The van der Waals surface area contributed by atoms with Crippen molar-refractivity contribution in [1.82, 2.24) is 0 Å². The van der Waals surface area contributed by atoms with Crippen molar-refractivity contribution in [2.45, 2.75) is 103 Å². The van der Waals surface area contributed by atoms with Crippen LogP contribution in [0.5, 0.6) is 0 Å². The van der Waals surface area contributed by atoms with E-state index in [1.807, 2.05) is 6.92 Å². The molecule has 182 valence electrons. The normalized spacial score (nSPS) is 13.9. The van der Waals surface area contributed by atoms with Crippen LogP contribution in [0.1, 0.15) is 78.1 Å². The Morgan fingerprint density at radius 2 is 0.967 bits per heavy atom. The fraction of sp³-hybridized carbons (Fsp3) is 1.00. The van der Waals surface area contributed by atoms with Gasteiger partial charge < -0.3 is 14.2 Å². The average molecular weight is 583 g/mol. The maximum absolute atomic E-state index is 5.96. The summed E-state index contributed by atoms with van der Waals surface area (Å²) >= 11 is 35.6. The molecular weight excluding hydrogens is 545 g/mol. The zero-order valence-corrected chi connectivity index (χ0v) is 24.8. The summed E-state index contributed by atoms with van der Waals surface area (Å²) in [5.41, 5.74) is 0. The average Bonchev–Trinajstić information content (AvgIpc) is 2.63. The summed E-state index contributed by atoms with van der Waals surface area (Å²) < 4.78 is 17.7. The Bertz CT molecular complexity index is 375. The van der Waals surface area contributed by atoms with E-state index in [-0.39, 0.29) is 6.10 Å². The van der Waals surface area contributed by atoms with Gasteiger partial charge in [0.05, 0.1) is 0 Å². The van der Waals surface area contributed by atoms with Crippen molar-refractivity contribution >= 4 is 78.5 Å². The van der Waals surface area contributed by atoms with E-state index in [1.165, 1.54) is 44.9 Å². The lowest BCUT2D eigenvalue weighted by atomic mass is 10.1. The van der Waals surface area contributed by atoms with Gasteiger partial charge in [0.15, 0.2) is 6.29 Å². The van der Waals surface area contributed by atoms with Crippen LogP contribution in [0.4, 0.5) is 0 Å². The van der Waals surface area contributed by atoms with Gasteiger partial charge in [0.1, 0.15) is 6.10 Å². The minimum absolute atomic E-state index is 0.190. The van der Waals surface area contributed by atoms with Crippen molar-refractivity contribution in [3.8, 4) is 0 Å². The standard InChI is InChI=1S/C19H38Cl6O3Si2/c1-3-4-5-6-7-8-9-10-13-26-18(2)19(27-14-11-16-29(20,21)22)28-15-12-17-30(23,24)25/h18-19H,3-17H2,1-2H3. The smallest absolute Gasteiger partial charge is 0.341 e. The Morgan fingerprint density at radius 1 is 0.567 bits per heavy atom. The molecular formula is C19H38Cl6O3Si2. The molecule has 0 aromatic rings. The van der Waals surface area contributed by atoms with Gasteiger partial charge in [-0.25, -0.2) is 0 Å². The zero-order chi connectivity index (χ0) is 22.9. The van der Waals surface area contributed by atoms with Crippen molar-refractivity contribution in [2.75, 3.05) is 19.8 Å². The molecule has 11 heteroatoms. The van der Waals surface area contributed by atoms with E-state index < -0.39 is 18.3 Å². The summed E-state index contributed by atoms with van der Waals surface area (Å²) in [4.78, 5) is 0. The highest BCUT2D eigenvalue weighted by atomic mass is 35.8. The van der Waals surface area contributed by atoms with Gasteiger partial charge in [-0.05, 0) is 38.3 Å². The summed E-state index contributed by atoms with van der Waals surface area (Å²) in [6, 6.07) is -4.15. The van der Waals surface area contributed by atoms with Crippen LogP contribution < -0.4 is 0 Å². The van der Waals surface area contributed by atoms with E-state index in [4.69, 9.17) is 80.7 Å². The number of ether oxygens (including phenoxy) is 3. The first-order valence-corrected chi connectivity index (χ1v) is 21.5. The molecule has 0 saturated carbocycles. The molecule has 0 aliphatic heterocycles. The van der Waals surface area contributed by atoms with E-state index in [2.05, 4.69) is 6.92 Å². The molecule has 0 N–H and O–H groups in total. The van der Waals surface area contributed by atoms with Crippen LogP contribution in [-0.2, 0) is 14.2 Å². The van der Waals surface area contributed by atoms with Gasteiger partial charge >= 0.3 is 12.0 Å². The van der Waals surface area contributed by atoms with Crippen LogP contribution in [0.3, 0.4) is 0 Å². The van der Waals surface area contributed by atoms with Gasteiger partial charge in [-0.2, -0.15) is 0 Å². The number of halogens is 6. The quantitative estimate of drug-likeness (QED) is 0.0585. The highest BCUT2D eigenvalue weighted by molar-refractivity contribution is 7.65. The summed E-state index contributed by atoms with van der Waals surface area (Å²) in [5.74, 6) is 0. The number of rotatable bonds is 21. The minimum Gasteiger partial charge on any atom is -0.373 e. The topological polar surface area (TPSA) is 27.7 Å². The molecule has 0 fully saturated rings. The molecule has 0 aliphatic carbocycles. The lowest BCUT2D eigenvalue weighted by Crippen LogP contribution is -2.33. The molecule has 3 nitrogen and oxygen atoms in total.